The normalized spacial score (nSPS) is 11.3. The molecule has 0 heterocycles. The number of ether oxygens (including phenoxy) is 1. The molecule has 2 aromatic rings. The lowest BCUT2D eigenvalue weighted by Crippen LogP contribution is -2.00. The van der Waals surface area contributed by atoms with Gasteiger partial charge >= 0.3 is 5.97 Å². The third-order valence-electron chi connectivity index (χ3n) is 3.19. The number of hydrogen-bond donors (Lipinski definition) is 1. The molecule has 0 amide bonds. The van der Waals surface area contributed by atoms with Gasteiger partial charge in [-0.05, 0) is 54.8 Å². The average molecular weight is 317 g/mol. The molecule has 0 saturated heterocycles. The fraction of sp³-hybridized carbons (Fsp3) is 0.167. The van der Waals surface area contributed by atoms with Crippen molar-refractivity contribution in [1.29, 1.82) is 0 Å². The van der Waals surface area contributed by atoms with E-state index in [2.05, 4.69) is 0 Å². The van der Waals surface area contributed by atoms with Crippen molar-refractivity contribution >= 4 is 29.2 Å². The van der Waals surface area contributed by atoms with Crippen molar-refractivity contribution in [2.75, 3.05) is 6.61 Å². The van der Waals surface area contributed by atoms with Gasteiger partial charge in [-0.2, -0.15) is 0 Å². The highest BCUT2D eigenvalue weighted by Crippen LogP contribution is 2.25. The number of aryl methyl sites for hydroxylation is 1. The van der Waals surface area contributed by atoms with E-state index in [0.717, 1.165) is 11.1 Å². The zero-order valence-electron chi connectivity index (χ0n) is 12.5. The van der Waals surface area contributed by atoms with Crippen LogP contribution in [0.3, 0.4) is 0 Å². The van der Waals surface area contributed by atoms with E-state index < -0.39 is 5.97 Å². The van der Waals surface area contributed by atoms with E-state index in [0.29, 0.717) is 22.9 Å². The van der Waals surface area contributed by atoms with Crippen LogP contribution in [0.5, 0.6) is 5.75 Å². The van der Waals surface area contributed by atoms with Crippen molar-refractivity contribution in [3.05, 3.63) is 64.2 Å². The van der Waals surface area contributed by atoms with Gasteiger partial charge < -0.3 is 9.84 Å². The second-order valence-electron chi connectivity index (χ2n) is 4.83. The lowest BCUT2D eigenvalue weighted by molar-refractivity contribution is -0.130. The third-order valence-corrected chi connectivity index (χ3v) is 3.60. The molecule has 0 unspecified atom stereocenters. The molecule has 0 aliphatic rings. The minimum absolute atomic E-state index is 0.190. The van der Waals surface area contributed by atoms with Crippen LogP contribution in [0.4, 0.5) is 0 Å². The van der Waals surface area contributed by atoms with Gasteiger partial charge in [-0.1, -0.05) is 35.9 Å². The molecule has 114 valence electrons. The number of carbonyl (C=O) groups is 1. The summed E-state index contributed by atoms with van der Waals surface area (Å²) in [4.78, 5) is 11.6. The topological polar surface area (TPSA) is 46.5 Å². The first-order valence-corrected chi connectivity index (χ1v) is 7.33. The molecule has 0 saturated carbocycles. The quantitative estimate of drug-likeness (QED) is 0.644. The molecular formula is C18H17ClO3. The second kappa shape index (κ2) is 7.14. The molecular weight excluding hydrogens is 300 g/mol. The molecule has 0 radical (unpaired) electrons. The van der Waals surface area contributed by atoms with Crippen LogP contribution in [0.15, 0.2) is 42.5 Å². The van der Waals surface area contributed by atoms with Gasteiger partial charge in [0.2, 0.25) is 0 Å². The first-order valence-electron chi connectivity index (χ1n) is 6.95. The van der Waals surface area contributed by atoms with Gasteiger partial charge in [0.15, 0.2) is 0 Å². The van der Waals surface area contributed by atoms with Crippen LogP contribution < -0.4 is 4.74 Å². The number of benzene rings is 2. The molecule has 2 aromatic carbocycles. The van der Waals surface area contributed by atoms with E-state index in [9.17, 15) is 9.90 Å². The van der Waals surface area contributed by atoms with E-state index in [1.54, 1.807) is 18.2 Å². The summed E-state index contributed by atoms with van der Waals surface area (Å²) >= 11 is 6.09. The number of aliphatic carboxylic acids is 1. The summed E-state index contributed by atoms with van der Waals surface area (Å²) < 4.78 is 5.43. The maximum atomic E-state index is 11.6. The van der Waals surface area contributed by atoms with Crippen LogP contribution >= 0.6 is 11.6 Å². The Bertz CT molecular complexity index is 720. The van der Waals surface area contributed by atoms with Crippen molar-refractivity contribution in [2.45, 2.75) is 13.8 Å². The minimum Gasteiger partial charge on any atom is -0.494 e. The number of carboxylic acids is 1. The Morgan fingerprint density at radius 1 is 1.27 bits per heavy atom. The summed E-state index contributed by atoms with van der Waals surface area (Å²) in [5.74, 6) is -0.287. The first-order chi connectivity index (χ1) is 10.5. The summed E-state index contributed by atoms with van der Waals surface area (Å²) in [5.41, 5.74) is 2.44. The van der Waals surface area contributed by atoms with Crippen LogP contribution in [0, 0.1) is 6.92 Å². The molecule has 0 aliphatic heterocycles. The highest BCUT2D eigenvalue weighted by Gasteiger charge is 2.12. The van der Waals surface area contributed by atoms with Crippen molar-refractivity contribution in [3.63, 3.8) is 0 Å². The zero-order chi connectivity index (χ0) is 16.1. The van der Waals surface area contributed by atoms with Crippen LogP contribution in [0.2, 0.25) is 5.02 Å². The Morgan fingerprint density at radius 3 is 2.68 bits per heavy atom. The van der Waals surface area contributed by atoms with Crippen molar-refractivity contribution in [2.24, 2.45) is 0 Å². The average Bonchev–Trinajstić information content (AvgIpc) is 2.48. The van der Waals surface area contributed by atoms with Gasteiger partial charge in [-0.25, -0.2) is 4.79 Å². The second-order valence-corrected chi connectivity index (χ2v) is 5.24. The van der Waals surface area contributed by atoms with Crippen molar-refractivity contribution < 1.29 is 14.6 Å². The molecule has 4 heteroatoms. The zero-order valence-corrected chi connectivity index (χ0v) is 13.2. The Kier molecular flexibility index (Phi) is 5.23. The highest BCUT2D eigenvalue weighted by atomic mass is 35.5. The smallest absolute Gasteiger partial charge is 0.336 e. The molecule has 2 rings (SSSR count). The number of carboxylic acid groups (broad SMARTS) is 1. The SMILES string of the molecule is CCOc1cccc(/C=C(\C(=O)O)c2ccc(C)c(Cl)c2)c1. The molecule has 3 nitrogen and oxygen atoms in total. The lowest BCUT2D eigenvalue weighted by Gasteiger charge is -2.07. The minimum atomic E-state index is -0.998. The third kappa shape index (κ3) is 3.89. The molecule has 0 spiro atoms. The first kappa shape index (κ1) is 16.1. The van der Waals surface area contributed by atoms with Gasteiger partial charge in [-0.15, -0.1) is 0 Å². The summed E-state index contributed by atoms with van der Waals surface area (Å²) in [5, 5.41) is 10.0. The molecule has 1 N–H and O–H groups in total. The van der Waals surface area contributed by atoms with Gasteiger partial charge in [-0.3, -0.25) is 0 Å². The largest absolute Gasteiger partial charge is 0.494 e. The molecule has 22 heavy (non-hydrogen) atoms. The van der Waals surface area contributed by atoms with E-state index in [1.165, 1.54) is 0 Å². The van der Waals surface area contributed by atoms with E-state index in [4.69, 9.17) is 16.3 Å². The molecule has 0 aliphatic carbocycles. The Balaban J connectivity index is 2.45. The maximum Gasteiger partial charge on any atom is 0.336 e. The number of hydrogen-bond acceptors (Lipinski definition) is 2. The summed E-state index contributed by atoms with van der Waals surface area (Å²) in [7, 11) is 0. The van der Waals surface area contributed by atoms with E-state index in [-0.39, 0.29) is 5.57 Å². The summed E-state index contributed by atoms with van der Waals surface area (Å²) in [6, 6.07) is 12.5. The standard InChI is InChI=1S/C18H17ClO3/c1-3-22-15-6-4-5-13(9-15)10-16(18(20)21)14-8-7-12(2)17(19)11-14/h4-11H,3H2,1-2H3,(H,20,21)/b16-10-. The van der Waals surface area contributed by atoms with Gasteiger partial charge in [0, 0.05) is 5.02 Å². The molecule has 0 fully saturated rings. The van der Waals surface area contributed by atoms with E-state index >= 15 is 0 Å². The maximum absolute atomic E-state index is 11.6. The predicted molar refractivity (Wildman–Crippen MR) is 89.3 cm³/mol. The Labute approximate surface area is 134 Å². The van der Waals surface area contributed by atoms with Crippen molar-refractivity contribution in [1.82, 2.24) is 0 Å². The predicted octanol–water partition coefficient (Wildman–Crippen LogP) is 4.67. The molecule has 0 aromatic heterocycles. The van der Waals surface area contributed by atoms with Crippen LogP contribution in [-0.2, 0) is 4.79 Å². The Morgan fingerprint density at radius 2 is 2.05 bits per heavy atom. The molecule has 0 bridgehead atoms. The molecule has 0 atom stereocenters. The van der Waals surface area contributed by atoms with Crippen LogP contribution in [0.1, 0.15) is 23.6 Å². The van der Waals surface area contributed by atoms with Gasteiger partial charge in [0.1, 0.15) is 5.75 Å². The highest BCUT2D eigenvalue weighted by molar-refractivity contribution is 6.32. The van der Waals surface area contributed by atoms with E-state index in [1.807, 2.05) is 44.2 Å². The van der Waals surface area contributed by atoms with Crippen LogP contribution in [0.25, 0.3) is 11.6 Å². The fourth-order valence-electron chi connectivity index (χ4n) is 2.06. The fourth-order valence-corrected chi connectivity index (χ4v) is 2.24. The van der Waals surface area contributed by atoms with Crippen LogP contribution in [-0.4, -0.2) is 17.7 Å². The monoisotopic (exact) mass is 316 g/mol. The number of rotatable bonds is 5. The lowest BCUT2D eigenvalue weighted by atomic mass is 10.0. The summed E-state index contributed by atoms with van der Waals surface area (Å²) in [6.07, 6.45) is 1.62. The number of halogens is 1. The van der Waals surface area contributed by atoms with Crippen molar-refractivity contribution in [3.8, 4) is 5.75 Å². The Hall–Kier alpha value is -2.26. The van der Waals surface area contributed by atoms with Gasteiger partial charge in [0.05, 0.1) is 12.2 Å². The summed E-state index contributed by atoms with van der Waals surface area (Å²) in [6.45, 7) is 4.34. The van der Waals surface area contributed by atoms with Gasteiger partial charge in [0.25, 0.3) is 0 Å².